The van der Waals surface area contributed by atoms with Gasteiger partial charge in [0.2, 0.25) is 0 Å². The van der Waals surface area contributed by atoms with Gasteiger partial charge in [0.25, 0.3) is 0 Å². The molecule has 0 aliphatic heterocycles. The molecule has 3 heteroatoms. The van der Waals surface area contributed by atoms with Crippen molar-refractivity contribution in [2.75, 3.05) is 0 Å². The van der Waals surface area contributed by atoms with Crippen molar-refractivity contribution in [3.8, 4) is 11.1 Å². The molecule has 0 heterocycles. The number of hydrogen-bond donors (Lipinski definition) is 0. The van der Waals surface area contributed by atoms with Crippen molar-refractivity contribution < 1.29 is 46.1 Å². The quantitative estimate of drug-likeness (QED) is 0.411. The molecule has 0 fully saturated rings. The minimum Gasteiger partial charge on any atom is -1.00 e. The smallest absolute Gasteiger partial charge is 1.00 e. The van der Waals surface area contributed by atoms with Crippen LogP contribution in [-0.2, 0) is 32.1 Å². The first kappa shape index (κ1) is 29.4. The number of fused-ring (bicyclic) bond motifs is 5. The maximum Gasteiger partial charge on any atom is -1.00 e. The summed E-state index contributed by atoms with van der Waals surface area (Å²) in [5.41, 5.74) is 16.5. The average Bonchev–Trinajstić information content (AvgIpc) is 3.61. The fourth-order valence-corrected chi connectivity index (χ4v) is 15.1. The second-order valence-corrected chi connectivity index (χ2v) is 18.8. The number of benzene rings is 3. The molecular weight excluding hydrogens is 607 g/mol. The molecular formula is C37H36Cl2Zr. The van der Waals surface area contributed by atoms with E-state index in [9.17, 15) is 0 Å². The summed E-state index contributed by atoms with van der Waals surface area (Å²) in [6.07, 6.45) is 13.2. The van der Waals surface area contributed by atoms with Gasteiger partial charge in [-0.2, -0.15) is 0 Å². The summed E-state index contributed by atoms with van der Waals surface area (Å²) in [5.74, 6) is 0. The van der Waals surface area contributed by atoms with Crippen LogP contribution in [0.5, 0.6) is 0 Å². The molecule has 7 rings (SSSR count). The van der Waals surface area contributed by atoms with Gasteiger partial charge in [0, 0.05) is 0 Å². The van der Waals surface area contributed by atoms with Crippen LogP contribution in [0.4, 0.5) is 0 Å². The summed E-state index contributed by atoms with van der Waals surface area (Å²) in [4.78, 5) is 0. The predicted molar refractivity (Wildman–Crippen MR) is 161 cm³/mol. The first-order valence-corrected chi connectivity index (χ1v) is 18.1. The summed E-state index contributed by atoms with van der Waals surface area (Å²) < 4.78 is 4.94. The van der Waals surface area contributed by atoms with E-state index >= 15 is 0 Å². The number of allylic oxidation sites excluding steroid dienone is 8. The van der Waals surface area contributed by atoms with Crippen LogP contribution >= 0.6 is 0 Å². The van der Waals surface area contributed by atoms with Crippen molar-refractivity contribution in [3.63, 3.8) is 0 Å². The molecule has 3 aromatic carbocycles. The van der Waals surface area contributed by atoms with Gasteiger partial charge in [-0.1, -0.05) is 0 Å². The van der Waals surface area contributed by atoms with Crippen molar-refractivity contribution in [1.29, 1.82) is 0 Å². The van der Waals surface area contributed by atoms with Crippen LogP contribution in [0.2, 0.25) is 0 Å². The van der Waals surface area contributed by atoms with E-state index in [0.717, 1.165) is 6.42 Å². The molecule has 4 aliphatic rings. The summed E-state index contributed by atoms with van der Waals surface area (Å²) in [7, 11) is 0. The van der Waals surface area contributed by atoms with E-state index in [1.807, 2.05) is 0 Å². The third-order valence-electron chi connectivity index (χ3n) is 9.26. The van der Waals surface area contributed by atoms with Gasteiger partial charge in [0.05, 0.1) is 0 Å². The molecule has 0 spiro atoms. The Morgan fingerprint density at radius 1 is 0.725 bits per heavy atom. The van der Waals surface area contributed by atoms with Crippen LogP contribution in [0.25, 0.3) is 22.3 Å². The fraction of sp³-hybridized carbons (Fsp3) is 0.270. The van der Waals surface area contributed by atoms with E-state index in [2.05, 4.69) is 130 Å². The molecule has 0 radical (unpaired) electrons. The van der Waals surface area contributed by atoms with E-state index in [1.165, 1.54) is 50.1 Å². The Hall–Kier alpha value is -2.05. The second kappa shape index (κ2) is 10.3. The van der Waals surface area contributed by atoms with E-state index in [-0.39, 0.29) is 35.6 Å². The standard InChI is InChI=1S/C25H25.C7H6.C5H5.2ClH.Zr/c1-14-12-24(3,4)22-8-16-7-17-9-23-19(15(2)13-25(23,5)6)11-21(17)20(16)10-18(14)22;1-7-5-3-2-4-6-7;1-2-4-5-3-1;;;/h7-13H,1-6H3;1-6H;1-3H,4H2;2*1H;/q;;;;;+2/p-2. The van der Waals surface area contributed by atoms with Gasteiger partial charge in [0.15, 0.2) is 0 Å². The van der Waals surface area contributed by atoms with Crippen LogP contribution in [0.3, 0.4) is 0 Å². The van der Waals surface area contributed by atoms with E-state index < -0.39 is 21.3 Å². The number of hydrogen-bond acceptors (Lipinski definition) is 0. The Kier molecular flexibility index (Phi) is 7.61. The topological polar surface area (TPSA) is 0 Å². The third kappa shape index (κ3) is 4.49. The maximum atomic E-state index is 2.73. The SMILES string of the molecule is CC1=CC(C)(C)c2cc3c(cc21)-c1cc2c(cc1[CH]3/[Zr+2](=[CH]/c1ccccc1)[C]1=CC=CC1)C(C)(C)C=C2C.[Cl-].[Cl-]. The minimum atomic E-state index is -2.35. The summed E-state index contributed by atoms with van der Waals surface area (Å²) in [6, 6.07) is 21.5. The molecule has 202 valence electrons. The molecule has 0 aromatic heterocycles. The molecule has 0 unspecified atom stereocenters. The van der Waals surface area contributed by atoms with Crippen LogP contribution in [0.1, 0.15) is 90.5 Å². The van der Waals surface area contributed by atoms with Crippen LogP contribution < -0.4 is 24.8 Å². The fourth-order valence-electron chi connectivity index (χ4n) is 7.54. The van der Waals surface area contributed by atoms with E-state index in [0.29, 0.717) is 3.63 Å². The van der Waals surface area contributed by atoms with Crippen molar-refractivity contribution in [2.45, 2.75) is 62.4 Å². The molecule has 0 amide bonds. The molecule has 0 bridgehead atoms. The molecule has 0 saturated carbocycles. The summed E-state index contributed by atoms with van der Waals surface area (Å²) >= 11 is -2.35. The van der Waals surface area contributed by atoms with Gasteiger partial charge in [-0.25, -0.2) is 0 Å². The van der Waals surface area contributed by atoms with Crippen molar-refractivity contribution in [3.05, 3.63) is 127 Å². The van der Waals surface area contributed by atoms with Crippen molar-refractivity contribution >= 4 is 14.9 Å². The Balaban J connectivity index is 0.00000161. The molecule has 0 N–H and O–H groups in total. The average molecular weight is 643 g/mol. The zero-order valence-corrected chi connectivity index (χ0v) is 28.2. The molecule has 0 nitrogen and oxygen atoms in total. The largest absolute Gasteiger partial charge is 1.00 e. The Bertz CT molecular complexity index is 1610. The monoisotopic (exact) mass is 640 g/mol. The normalized spacial score (nSPS) is 18.6. The minimum absolute atomic E-state index is 0. The number of halogens is 2. The maximum absolute atomic E-state index is 2.73. The van der Waals surface area contributed by atoms with Gasteiger partial charge in [-0.15, -0.1) is 0 Å². The van der Waals surface area contributed by atoms with Crippen molar-refractivity contribution in [2.24, 2.45) is 0 Å². The Morgan fingerprint density at radius 2 is 1.25 bits per heavy atom. The first-order chi connectivity index (χ1) is 18.1. The molecule has 0 atom stereocenters. The van der Waals surface area contributed by atoms with Gasteiger partial charge in [0.1, 0.15) is 0 Å². The van der Waals surface area contributed by atoms with E-state index in [4.69, 9.17) is 0 Å². The zero-order chi connectivity index (χ0) is 26.4. The molecule has 40 heavy (non-hydrogen) atoms. The van der Waals surface area contributed by atoms with Crippen LogP contribution in [0.15, 0.2) is 88.3 Å². The molecule has 4 aliphatic carbocycles. The van der Waals surface area contributed by atoms with Crippen LogP contribution in [-0.4, -0.2) is 3.71 Å². The predicted octanol–water partition coefficient (Wildman–Crippen LogP) is 3.47. The Labute approximate surface area is 260 Å². The van der Waals surface area contributed by atoms with Gasteiger partial charge in [-0.3, -0.25) is 0 Å². The van der Waals surface area contributed by atoms with Crippen LogP contribution in [0, 0.1) is 0 Å². The van der Waals surface area contributed by atoms with Gasteiger partial charge >= 0.3 is 237 Å². The van der Waals surface area contributed by atoms with Gasteiger partial charge in [-0.05, 0) is 0 Å². The Morgan fingerprint density at radius 3 is 1.73 bits per heavy atom. The third-order valence-corrected chi connectivity index (χ3v) is 16.6. The first-order valence-electron chi connectivity index (χ1n) is 14.0. The second-order valence-electron chi connectivity index (χ2n) is 12.8. The van der Waals surface area contributed by atoms with Crippen molar-refractivity contribution in [1.82, 2.24) is 0 Å². The zero-order valence-electron chi connectivity index (χ0n) is 24.2. The van der Waals surface area contributed by atoms with E-state index in [1.54, 1.807) is 14.4 Å². The number of rotatable bonds is 3. The molecule has 0 saturated heterocycles. The molecule has 3 aromatic rings. The summed E-state index contributed by atoms with van der Waals surface area (Å²) in [5, 5.41) is 0. The summed E-state index contributed by atoms with van der Waals surface area (Å²) in [6.45, 7) is 14.1. The van der Waals surface area contributed by atoms with Gasteiger partial charge < -0.3 is 24.8 Å².